The van der Waals surface area contributed by atoms with Gasteiger partial charge in [-0.25, -0.2) is 9.59 Å². The molecule has 8 heteroatoms. The first-order valence-electron chi connectivity index (χ1n) is 16.2. The molecule has 232 valence electrons. The van der Waals surface area contributed by atoms with Gasteiger partial charge in [0.25, 0.3) is 0 Å². The van der Waals surface area contributed by atoms with E-state index in [2.05, 4.69) is 34.5 Å². The van der Waals surface area contributed by atoms with E-state index in [0.29, 0.717) is 24.5 Å². The Balaban J connectivity index is 1.29. The molecule has 8 nitrogen and oxygen atoms in total. The summed E-state index contributed by atoms with van der Waals surface area (Å²) in [4.78, 5) is 34.6. The number of benzene rings is 2. The zero-order valence-corrected chi connectivity index (χ0v) is 25.9. The van der Waals surface area contributed by atoms with Crippen LogP contribution in [0, 0.1) is 0 Å². The standard InChI is InChI=1S/C36H44N4O4/c1-25(2)44-30-12-8-9-26(23-30)24-39-21-19-36(20-22-39)34(37-29-10-4-3-5-11-29)38-35(43)40(36)32-14-7-6-13-31(32)27-15-17-28(18-16-27)33(41)42/h6-9,12-15,17,23,25,29H,3-5,10-11,16,18-22,24H2,1-2H3,(H,41,42)(H,37,38,43). The van der Waals surface area contributed by atoms with Crippen LogP contribution in [0.2, 0.25) is 0 Å². The Hall–Kier alpha value is -3.91. The maximum atomic E-state index is 13.9. The van der Waals surface area contributed by atoms with Crippen molar-refractivity contribution in [1.29, 1.82) is 0 Å². The smallest absolute Gasteiger partial charge is 0.350 e. The van der Waals surface area contributed by atoms with Crippen LogP contribution in [-0.2, 0) is 11.3 Å². The van der Waals surface area contributed by atoms with E-state index in [4.69, 9.17) is 9.73 Å². The van der Waals surface area contributed by atoms with Crippen molar-refractivity contribution >= 4 is 29.1 Å². The van der Waals surface area contributed by atoms with Crippen LogP contribution in [0.3, 0.4) is 0 Å². The minimum absolute atomic E-state index is 0.128. The number of rotatable bonds is 8. The van der Waals surface area contributed by atoms with Crippen LogP contribution in [0.1, 0.15) is 82.8 Å². The summed E-state index contributed by atoms with van der Waals surface area (Å²) in [6, 6.07) is 16.5. The molecule has 2 N–H and O–H groups in total. The van der Waals surface area contributed by atoms with Gasteiger partial charge in [0.15, 0.2) is 0 Å². The Labute approximate surface area is 260 Å². The number of piperidine rings is 1. The lowest BCUT2D eigenvalue weighted by Gasteiger charge is -2.46. The largest absolute Gasteiger partial charge is 0.491 e. The Bertz CT molecular complexity index is 1480. The number of aliphatic imine (C=N–C) groups is 1. The molecule has 2 aliphatic carbocycles. The van der Waals surface area contributed by atoms with Crippen molar-refractivity contribution in [2.24, 2.45) is 4.99 Å². The molecule has 6 rings (SSSR count). The highest BCUT2D eigenvalue weighted by Crippen LogP contribution is 2.43. The summed E-state index contributed by atoms with van der Waals surface area (Å²) in [5.41, 5.74) is 3.95. The van der Waals surface area contributed by atoms with Crippen molar-refractivity contribution in [2.45, 2.75) is 95.9 Å². The molecule has 0 atom stereocenters. The minimum Gasteiger partial charge on any atom is -0.491 e. The predicted octanol–water partition coefficient (Wildman–Crippen LogP) is 6.96. The van der Waals surface area contributed by atoms with Crippen LogP contribution in [-0.4, -0.2) is 58.6 Å². The van der Waals surface area contributed by atoms with Crippen LogP contribution >= 0.6 is 0 Å². The molecule has 0 unspecified atom stereocenters. The lowest BCUT2D eigenvalue weighted by atomic mass is 9.82. The fourth-order valence-corrected chi connectivity index (χ4v) is 7.25. The third-order valence-electron chi connectivity index (χ3n) is 9.49. The van der Waals surface area contributed by atoms with Crippen molar-refractivity contribution in [1.82, 2.24) is 10.2 Å². The lowest BCUT2D eigenvalue weighted by Crippen LogP contribution is -2.62. The fourth-order valence-electron chi connectivity index (χ4n) is 7.25. The first-order chi connectivity index (χ1) is 21.3. The van der Waals surface area contributed by atoms with Gasteiger partial charge in [-0.15, -0.1) is 0 Å². The zero-order valence-electron chi connectivity index (χ0n) is 25.9. The summed E-state index contributed by atoms with van der Waals surface area (Å²) in [6.07, 6.45) is 12.2. The first-order valence-corrected chi connectivity index (χ1v) is 16.2. The van der Waals surface area contributed by atoms with Gasteiger partial charge in [-0.1, -0.05) is 61.7 Å². The number of amides is 2. The number of anilines is 1. The number of likely N-dealkylation sites (tertiary alicyclic amines) is 1. The molecule has 2 aromatic rings. The third kappa shape index (κ3) is 6.32. The van der Waals surface area contributed by atoms with E-state index in [1.165, 1.54) is 24.8 Å². The number of nitrogens with one attached hydrogen (secondary N) is 1. The second-order valence-electron chi connectivity index (χ2n) is 12.9. The van der Waals surface area contributed by atoms with Crippen LogP contribution < -0.4 is 15.0 Å². The maximum Gasteiger partial charge on any atom is 0.350 e. The monoisotopic (exact) mass is 596 g/mol. The molecule has 1 saturated carbocycles. The number of para-hydroxylation sites is 1. The van der Waals surface area contributed by atoms with E-state index < -0.39 is 11.5 Å². The molecule has 0 radical (unpaired) electrons. The van der Waals surface area contributed by atoms with Gasteiger partial charge in [-0.05, 0) is 81.7 Å². The molecule has 44 heavy (non-hydrogen) atoms. The number of hydrogen-bond acceptors (Lipinski definition) is 5. The van der Waals surface area contributed by atoms with Crippen molar-refractivity contribution in [3.8, 4) is 5.75 Å². The van der Waals surface area contributed by atoms with Gasteiger partial charge >= 0.3 is 12.0 Å². The van der Waals surface area contributed by atoms with Crippen molar-refractivity contribution in [3.05, 3.63) is 77.4 Å². The van der Waals surface area contributed by atoms with Gasteiger partial charge in [-0.3, -0.25) is 9.80 Å². The Morgan fingerprint density at radius 2 is 1.82 bits per heavy atom. The summed E-state index contributed by atoms with van der Waals surface area (Å²) in [6.45, 7) is 6.57. The van der Waals surface area contributed by atoms with E-state index in [9.17, 15) is 14.7 Å². The van der Waals surface area contributed by atoms with Gasteiger partial charge in [0.05, 0.1) is 11.8 Å². The highest BCUT2D eigenvalue weighted by atomic mass is 16.5. The molecule has 2 fully saturated rings. The number of amidine groups is 1. The van der Waals surface area contributed by atoms with Gasteiger partial charge in [0, 0.05) is 36.8 Å². The molecular formula is C36H44N4O4. The maximum absolute atomic E-state index is 13.9. The number of allylic oxidation sites excluding steroid dienone is 3. The number of carbonyl (C=O) groups excluding carboxylic acids is 1. The van der Waals surface area contributed by atoms with Gasteiger partial charge in [0.1, 0.15) is 17.1 Å². The van der Waals surface area contributed by atoms with Crippen LogP contribution in [0.15, 0.2) is 71.2 Å². The van der Waals surface area contributed by atoms with Crippen molar-refractivity contribution < 1.29 is 19.4 Å². The average Bonchev–Trinajstić information content (AvgIpc) is 3.28. The van der Waals surface area contributed by atoms with Gasteiger partial charge in [0.2, 0.25) is 0 Å². The van der Waals surface area contributed by atoms with Crippen LogP contribution in [0.5, 0.6) is 5.75 Å². The first kappa shape index (κ1) is 30.1. The van der Waals surface area contributed by atoms with E-state index in [1.54, 1.807) is 6.08 Å². The molecule has 2 aliphatic heterocycles. The highest BCUT2D eigenvalue weighted by Gasteiger charge is 2.52. The SMILES string of the molecule is CC(C)Oc1cccc(CN2CCC3(CC2)C(NC2CCCCC2)=NC(=O)N3c2ccccc2C2=CC=C(C(=O)O)CC2)c1. The number of urea groups is 1. The molecule has 0 bridgehead atoms. The summed E-state index contributed by atoms with van der Waals surface area (Å²) >= 11 is 0. The zero-order chi connectivity index (χ0) is 30.7. The molecule has 1 saturated heterocycles. The number of aliphatic carboxylic acids is 1. The average molecular weight is 597 g/mol. The Morgan fingerprint density at radius 3 is 2.52 bits per heavy atom. The van der Waals surface area contributed by atoms with E-state index >= 15 is 0 Å². The van der Waals surface area contributed by atoms with E-state index in [1.807, 2.05) is 49.1 Å². The predicted molar refractivity (Wildman–Crippen MR) is 174 cm³/mol. The second kappa shape index (κ2) is 13.0. The minimum atomic E-state index is -0.875. The Kier molecular flexibility index (Phi) is 8.89. The number of carbonyl (C=O) groups is 2. The topological polar surface area (TPSA) is 94.5 Å². The van der Waals surface area contributed by atoms with Gasteiger partial charge < -0.3 is 15.2 Å². The number of carboxylic acids is 1. The van der Waals surface area contributed by atoms with E-state index in [0.717, 1.165) is 73.7 Å². The Morgan fingerprint density at radius 1 is 1.05 bits per heavy atom. The molecule has 2 heterocycles. The van der Waals surface area contributed by atoms with Crippen molar-refractivity contribution in [3.63, 3.8) is 0 Å². The fraction of sp³-hybridized carbons (Fsp3) is 0.472. The van der Waals surface area contributed by atoms with Crippen LogP contribution in [0.4, 0.5) is 10.5 Å². The molecular weight excluding hydrogens is 552 g/mol. The molecule has 2 aromatic carbocycles. The van der Waals surface area contributed by atoms with Crippen molar-refractivity contribution in [2.75, 3.05) is 18.0 Å². The normalized spacial score (nSPS) is 20.8. The molecule has 4 aliphatic rings. The number of nitrogens with zero attached hydrogens (tertiary/aromatic N) is 3. The number of hydrogen-bond donors (Lipinski definition) is 2. The number of ether oxygens (including phenoxy) is 1. The van der Waals surface area contributed by atoms with E-state index in [-0.39, 0.29) is 12.1 Å². The van der Waals surface area contributed by atoms with Gasteiger partial charge in [-0.2, -0.15) is 4.99 Å². The molecule has 1 spiro atoms. The molecule has 0 aromatic heterocycles. The second-order valence-corrected chi connectivity index (χ2v) is 12.9. The lowest BCUT2D eigenvalue weighted by molar-refractivity contribution is -0.132. The number of carboxylic acid groups (broad SMARTS) is 1. The van der Waals surface area contributed by atoms with Crippen LogP contribution in [0.25, 0.3) is 5.57 Å². The quantitative estimate of drug-likeness (QED) is 0.342. The third-order valence-corrected chi connectivity index (χ3v) is 9.49. The summed E-state index contributed by atoms with van der Waals surface area (Å²) in [5, 5.41) is 13.2. The molecule has 2 amide bonds. The highest BCUT2D eigenvalue weighted by molar-refractivity contribution is 6.17. The summed E-state index contributed by atoms with van der Waals surface area (Å²) in [7, 11) is 0. The summed E-state index contributed by atoms with van der Waals surface area (Å²) < 4.78 is 5.94. The summed E-state index contributed by atoms with van der Waals surface area (Å²) in [5.74, 6) is 0.838.